The highest BCUT2D eigenvalue weighted by atomic mass is 35.5. The van der Waals surface area contributed by atoms with E-state index in [9.17, 15) is 4.39 Å². The Morgan fingerprint density at radius 1 is 1.21 bits per heavy atom. The molecule has 0 aliphatic rings. The molecule has 2 rings (SSSR count). The fraction of sp³-hybridized carbons (Fsp3) is 0. The summed E-state index contributed by atoms with van der Waals surface area (Å²) >= 11 is 0. The number of imidazole rings is 1. The fourth-order valence-electron chi connectivity index (χ4n) is 1.13. The zero-order valence-corrected chi connectivity index (χ0v) is 8.04. The number of anilines is 1. The number of halogens is 2. The highest BCUT2D eigenvalue weighted by Crippen LogP contribution is 2.11. The van der Waals surface area contributed by atoms with Gasteiger partial charge >= 0.3 is 0 Å². The van der Waals surface area contributed by atoms with E-state index in [2.05, 4.69) is 4.98 Å². The van der Waals surface area contributed by atoms with Crippen LogP contribution in [0.5, 0.6) is 0 Å². The third-order valence-corrected chi connectivity index (χ3v) is 1.77. The lowest BCUT2D eigenvalue weighted by molar-refractivity contribution is 0.627. The van der Waals surface area contributed by atoms with E-state index in [-0.39, 0.29) is 18.2 Å². The van der Waals surface area contributed by atoms with E-state index in [0.717, 1.165) is 5.69 Å². The number of nitrogens with two attached hydrogens (primary N) is 1. The first kappa shape index (κ1) is 10.5. The molecule has 2 N–H and O–H groups in total. The zero-order valence-electron chi connectivity index (χ0n) is 7.22. The predicted molar refractivity (Wildman–Crippen MR) is 55.2 cm³/mol. The van der Waals surface area contributed by atoms with Gasteiger partial charge in [-0.25, -0.2) is 9.37 Å². The van der Waals surface area contributed by atoms with Crippen molar-refractivity contribution in [3.05, 3.63) is 42.5 Å². The number of nitrogens with zero attached hydrogens (tertiary/aromatic N) is 2. The van der Waals surface area contributed by atoms with E-state index in [0.29, 0.717) is 5.95 Å². The van der Waals surface area contributed by atoms with Gasteiger partial charge in [-0.05, 0) is 24.3 Å². The fourth-order valence-corrected chi connectivity index (χ4v) is 1.13. The number of benzene rings is 1. The third-order valence-electron chi connectivity index (χ3n) is 1.77. The van der Waals surface area contributed by atoms with E-state index in [1.165, 1.54) is 12.1 Å². The summed E-state index contributed by atoms with van der Waals surface area (Å²) in [6.45, 7) is 0. The molecule has 14 heavy (non-hydrogen) atoms. The van der Waals surface area contributed by atoms with Crippen LogP contribution in [-0.2, 0) is 0 Å². The second-order valence-corrected chi connectivity index (χ2v) is 2.63. The molecule has 3 nitrogen and oxygen atoms in total. The molecule has 74 valence electrons. The summed E-state index contributed by atoms with van der Waals surface area (Å²) in [6.07, 6.45) is 3.32. The van der Waals surface area contributed by atoms with Gasteiger partial charge in [0.25, 0.3) is 0 Å². The van der Waals surface area contributed by atoms with Gasteiger partial charge in [0.05, 0.1) is 0 Å². The first-order chi connectivity index (χ1) is 6.27. The van der Waals surface area contributed by atoms with Gasteiger partial charge in [-0.3, -0.25) is 4.57 Å². The molecule has 0 saturated carbocycles. The second-order valence-electron chi connectivity index (χ2n) is 2.63. The van der Waals surface area contributed by atoms with E-state index < -0.39 is 0 Å². The molecule has 0 unspecified atom stereocenters. The molecular weight excluding hydrogens is 205 g/mol. The van der Waals surface area contributed by atoms with Crippen molar-refractivity contribution in [1.29, 1.82) is 0 Å². The van der Waals surface area contributed by atoms with Gasteiger partial charge in [0.2, 0.25) is 5.95 Å². The summed E-state index contributed by atoms with van der Waals surface area (Å²) in [5.74, 6) is 0.133. The quantitative estimate of drug-likeness (QED) is 0.788. The Labute approximate surface area is 86.8 Å². The van der Waals surface area contributed by atoms with Crippen molar-refractivity contribution in [2.45, 2.75) is 0 Å². The van der Waals surface area contributed by atoms with Crippen molar-refractivity contribution in [2.75, 3.05) is 5.73 Å². The van der Waals surface area contributed by atoms with Crippen molar-refractivity contribution >= 4 is 18.4 Å². The molecule has 0 spiro atoms. The molecule has 1 aromatic carbocycles. The topological polar surface area (TPSA) is 43.8 Å². The summed E-state index contributed by atoms with van der Waals surface area (Å²) in [6, 6.07) is 6.06. The largest absolute Gasteiger partial charge is 0.369 e. The summed E-state index contributed by atoms with van der Waals surface area (Å²) in [5, 5.41) is 0. The van der Waals surface area contributed by atoms with E-state index in [4.69, 9.17) is 5.73 Å². The lowest BCUT2D eigenvalue weighted by Gasteiger charge is -2.02. The Balaban J connectivity index is 0.000000980. The van der Waals surface area contributed by atoms with Gasteiger partial charge in [-0.1, -0.05) is 0 Å². The molecule has 1 aromatic heterocycles. The highest BCUT2D eigenvalue weighted by Gasteiger charge is 1.99. The van der Waals surface area contributed by atoms with Gasteiger partial charge in [-0.15, -0.1) is 12.4 Å². The van der Waals surface area contributed by atoms with Crippen molar-refractivity contribution < 1.29 is 4.39 Å². The third kappa shape index (κ3) is 1.85. The minimum Gasteiger partial charge on any atom is -0.369 e. The van der Waals surface area contributed by atoms with Crippen LogP contribution in [0.4, 0.5) is 10.3 Å². The summed E-state index contributed by atoms with van der Waals surface area (Å²) in [4.78, 5) is 3.86. The maximum absolute atomic E-state index is 12.6. The van der Waals surface area contributed by atoms with Crippen LogP contribution >= 0.6 is 12.4 Å². The molecule has 0 atom stereocenters. The van der Waals surface area contributed by atoms with Crippen LogP contribution in [0, 0.1) is 5.82 Å². The Kier molecular flexibility index (Phi) is 3.09. The van der Waals surface area contributed by atoms with Gasteiger partial charge in [0.15, 0.2) is 0 Å². The maximum Gasteiger partial charge on any atom is 0.204 e. The Bertz CT molecular complexity index is 410. The molecule has 0 saturated heterocycles. The molecule has 5 heteroatoms. The monoisotopic (exact) mass is 213 g/mol. The van der Waals surface area contributed by atoms with Crippen molar-refractivity contribution in [3.8, 4) is 5.69 Å². The minimum absolute atomic E-state index is 0. The van der Waals surface area contributed by atoms with Gasteiger partial charge in [0, 0.05) is 18.1 Å². The highest BCUT2D eigenvalue weighted by molar-refractivity contribution is 5.85. The van der Waals surface area contributed by atoms with Crippen LogP contribution in [0.25, 0.3) is 5.69 Å². The molecular formula is C9H9ClFN3. The Morgan fingerprint density at radius 3 is 2.36 bits per heavy atom. The predicted octanol–water partition coefficient (Wildman–Crippen LogP) is 2.02. The van der Waals surface area contributed by atoms with Gasteiger partial charge in [-0.2, -0.15) is 0 Å². The van der Waals surface area contributed by atoms with Crippen molar-refractivity contribution in [3.63, 3.8) is 0 Å². The minimum atomic E-state index is -0.262. The zero-order chi connectivity index (χ0) is 9.26. The standard InChI is InChI=1S/C9H8FN3.ClH/c10-7-1-3-8(4-2-7)13-6-5-12-9(13)11;/h1-6H,(H2,11,12);1H. The molecule has 1 heterocycles. The van der Waals surface area contributed by atoms with Crippen LogP contribution in [0.1, 0.15) is 0 Å². The number of nitrogen functional groups attached to an aromatic ring is 1. The van der Waals surface area contributed by atoms with Crippen molar-refractivity contribution in [2.24, 2.45) is 0 Å². The first-order valence-corrected chi connectivity index (χ1v) is 3.82. The normalized spacial score (nSPS) is 9.50. The molecule has 0 radical (unpaired) electrons. The smallest absolute Gasteiger partial charge is 0.204 e. The average molecular weight is 214 g/mol. The summed E-state index contributed by atoms with van der Waals surface area (Å²) in [7, 11) is 0. The molecule has 0 fully saturated rings. The summed E-state index contributed by atoms with van der Waals surface area (Å²) in [5.41, 5.74) is 6.37. The number of aromatic nitrogens is 2. The second kappa shape index (κ2) is 4.11. The molecule has 0 aliphatic carbocycles. The number of hydrogen-bond donors (Lipinski definition) is 1. The molecule has 2 aromatic rings. The van der Waals surface area contributed by atoms with Crippen LogP contribution in [0.2, 0.25) is 0 Å². The van der Waals surface area contributed by atoms with Crippen LogP contribution in [-0.4, -0.2) is 9.55 Å². The van der Waals surface area contributed by atoms with Crippen LogP contribution < -0.4 is 5.73 Å². The lowest BCUT2D eigenvalue weighted by atomic mass is 10.3. The van der Waals surface area contributed by atoms with E-state index >= 15 is 0 Å². The molecule has 0 amide bonds. The maximum atomic E-state index is 12.6. The van der Waals surface area contributed by atoms with E-state index in [1.807, 2.05) is 0 Å². The Morgan fingerprint density at radius 2 is 1.86 bits per heavy atom. The van der Waals surface area contributed by atoms with Gasteiger partial charge in [0.1, 0.15) is 5.82 Å². The van der Waals surface area contributed by atoms with Crippen molar-refractivity contribution in [1.82, 2.24) is 9.55 Å². The number of rotatable bonds is 1. The lowest BCUT2D eigenvalue weighted by Crippen LogP contribution is -1.99. The number of hydrogen-bond acceptors (Lipinski definition) is 2. The SMILES string of the molecule is Cl.Nc1nccn1-c1ccc(F)cc1. The molecule has 0 bridgehead atoms. The van der Waals surface area contributed by atoms with Crippen LogP contribution in [0.15, 0.2) is 36.7 Å². The average Bonchev–Trinajstić information content (AvgIpc) is 2.53. The first-order valence-electron chi connectivity index (χ1n) is 3.82. The molecule has 0 aliphatic heterocycles. The van der Waals surface area contributed by atoms with Gasteiger partial charge < -0.3 is 5.73 Å². The van der Waals surface area contributed by atoms with E-state index in [1.54, 1.807) is 29.1 Å². The summed E-state index contributed by atoms with van der Waals surface area (Å²) < 4.78 is 14.3. The Hall–Kier alpha value is -1.55. The van der Waals surface area contributed by atoms with Crippen LogP contribution in [0.3, 0.4) is 0 Å².